The van der Waals surface area contributed by atoms with Crippen molar-refractivity contribution in [3.8, 4) is 5.75 Å². The molecule has 1 aliphatic heterocycles. The molecule has 0 saturated carbocycles. The molecule has 0 aliphatic carbocycles. The molecule has 21 heavy (non-hydrogen) atoms. The molecule has 5 nitrogen and oxygen atoms in total. The van der Waals surface area contributed by atoms with Crippen molar-refractivity contribution in [2.24, 2.45) is 5.73 Å². The van der Waals surface area contributed by atoms with E-state index in [1.165, 1.54) is 0 Å². The summed E-state index contributed by atoms with van der Waals surface area (Å²) in [5.74, 6) is 0.699. The zero-order valence-corrected chi connectivity index (χ0v) is 13.5. The van der Waals surface area contributed by atoms with Crippen molar-refractivity contribution in [3.05, 3.63) is 29.8 Å². The molecule has 6 heteroatoms. The van der Waals surface area contributed by atoms with Crippen LogP contribution in [-0.2, 0) is 10.0 Å². The second-order valence-electron chi connectivity index (χ2n) is 5.72. The smallest absolute Gasteiger partial charge is 0.217 e. The van der Waals surface area contributed by atoms with Gasteiger partial charge in [-0.3, -0.25) is 0 Å². The lowest BCUT2D eigenvalue weighted by molar-refractivity contribution is 0.244. The Balaban J connectivity index is 1.88. The molecule has 1 saturated heterocycles. The van der Waals surface area contributed by atoms with E-state index >= 15 is 0 Å². The Hall–Kier alpha value is -1.11. The number of nitrogens with two attached hydrogens (primary N) is 1. The first kappa shape index (κ1) is 16.3. The van der Waals surface area contributed by atoms with Gasteiger partial charge in [0.05, 0.1) is 5.75 Å². The van der Waals surface area contributed by atoms with Gasteiger partial charge in [0.25, 0.3) is 0 Å². The maximum atomic E-state index is 12.4. The van der Waals surface area contributed by atoms with Gasteiger partial charge in [-0.05, 0) is 38.8 Å². The van der Waals surface area contributed by atoms with Crippen LogP contribution in [-0.4, -0.2) is 43.7 Å². The standard InChI is InChI=1S/C15H24N2O3S/c1-12-3-5-15(6-4-12)20-9-10-21(18,19)17-8-7-14(16)11-13(17)2/h3-6,13-14H,7-11,16H2,1-2H3/t13-,14+/m1/s1. The van der Waals surface area contributed by atoms with Gasteiger partial charge in [0, 0.05) is 18.6 Å². The average Bonchev–Trinajstić information content (AvgIpc) is 2.40. The van der Waals surface area contributed by atoms with Crippen molar-refractivity contribution >= 4 is 10.0 Å². The number of nitrogens with zero attached hydrogens (tertiary/aromatic N) is 1. The normalized spacial score (nSPS) is 24.0. The highest BCUT2D eigenvalue weighted by Gasteiger charge is 2.31. The van der Waals surface area contributed by atoms with Crippen LogP contribution in [0.5, 0.6) is 5.75 Å². The quantitative estimate of drug-likeness (QED) is 0.894. The van der Waals surface area contributed by atoms with Crippen LogP contribution in [0.4, 0.5) is 0 Å². The van der Waals surface area contributed by atoms with Gasteiger partial charge in [-0.1, -0.05) is 17.7 Å². The Labute approximate surface area is 127 Å². The summed E-state index contributed by atoms with van der Waals surface area (Å²) in [7, 11) is -3.28. The topological polar surface area (TPSA) is 72.6 Å². The molecule has 0 aromatic heterocycles. The molecule has 1 heterocycles. The minimum atomic E-state index is -3.28. The van der Waals surface area contributed by atoms with Gasteiger partial charge in [-0.2, -0.15) is 4.31 Å². The van der Waals surface area contributed by atoms with Crippen LogP contribution in [0.2, 0.25) is 0 Å². The second kappa shape index (κ2) is 6.77. The summed E-state index contributed by atoms with van der Waals surface area (Å²) < 4.78 is 31.8. The summed E-state index contributed by atoms with van der Waals surface area (Å²) in [5, 5.41) is 0. The van der Waals surface area contributed by atoms with Crippen molar-refractivity contribution in [3.63, 3.8) is 0 Å². The summed E-state index contributed by atoms with van der Waals surface area (Å²) in [4.78, 5) is 0. The molecule has 2 atom stereocenters. The Kier molecular flexibility index (Phi) is 5.24. The number of hydrogen-bond donors (Lipinski definition) is 1. The summed E-state index contributed by atoms with van der Waals surface area (Å²) >= 11 is 0. The molecule has 0 radical (unpaired) electrons. The van der Waals surface area contributed by atoms with Gasteiger partial charge in [0.15, 0.2) is 0 Å². The predicted molar refractivity (Wildman–Crippen MR) is 83.8 cm³/mol. The van der Waals surface area contributed by atoms with Gasteiger partial charge < -0.3 is 10.5 Å². The number of rotatable bonds is 5. The number of benzene rings is 1. The van der Waals surface area contributed by atoms with Gasteiger partial charge in [0.2, 0.25) is 10.0 Å². The highest BCUT2D eigenvalue weighted by atomic mass is 32.2. The molecule has 1 aromatic carbocycles. The molecule has 0 spiro atoms. The summed E-state index contributed by atoms with van der Waals surface area (Å²) in [5.41, 5.74) is 7.02. The fraction of sp³-hybridized carbons (Fsp3) is 0.600. The van der Waals surface area contributed by atoms with Crippen molar-refractivity contribution in [1.29, 1.82) is 0 Å². The van der Waals surface area contributed by atoms with E-state index in [1.807, 2.05) is 38.1 Å². The molecule has 1 aliphatic rings. The number of piperidine rings is 1. The van der Waals surface area contributed by atoms with Crippen molar-refractivity contribution in [1.82, 2.24) is 4.31 Å². The first-order chi connectivity index (χ1) is 9.88. The van der Waals surface area contributed by atoms with Crippen LogP contribution in [0.15, 0.2) is 24.3 Å². The Bertz CT molecular complexity index is 557. The first-order valence-electron chi connectivity index (χ1n) is 7.33. The van der Waals surface area contributed by atoms with Crippen LogP contribution in [0, 0.1) is 6.92 Å². The van der Waals surface area contributed by atoms with Crippen molar-refractivity contribution < 1.29 is 13.2 Å². The fourth-order valence-electron chi connectivity index (χ4n) is 2.62. The lowest BCUT2D eigenvalue weighted by Crippen LogP contribution is -2.49. The van der Waals surface area contributed by atoms with E-state index in [4.69, 9.17) is 10.5 Å². The molecule has 0 bridgehead atoms. The lowest BCUT2D eigenvalue weighted by atomic mass is 10.0. The molecule has 0 unspecified atom stereocenters. The Morgan fingerprint density at radius 1 is 1.33 bits per heavy atom. The van der Waals surface area contributed by atoms with E-state index in [-0.39, 0.29) is 24.4 Å². The van der Waals surface area contributed by atoms with Crippen LogP contribution >= 0.6 is 0 Å². The van der Waals surface area contributed by atoms with Crippen molar-refractivity contribution in [2.45, 2.75) is 38.8 Å². The molecule has 0 amide bonds. The van der Waals surface area contributed by atoms with Gasteiger partial charge in [0.1, 0.15) is 12.4 Å². The van der Waals surface area contributed by atoms with Crippen LogP contribution in [0.25, 0.3) is 0 Å². The molecular weight excluding hydrogens is 288 g/mol. The van der Waals surface area contributed by atoms with E-state index in [9.17, 15) is 8.42 Å². The largest absolute Gasteiger partial charge is 0.492 e. The third kappa shape index (κ3) is 4.43. The van der Waals surface area contributed by atoms with Gasteiger partial charge >= 0.3 is 0 Å². The average molecular weight is 312 g/mol. The number of hydrogen-bond acceptors (Lipinski definition) is 4. The fourth-order valence-corrected chi connectivity index (χ4v) is 4.16. The lowest BCUT2D eigenvalue weighted by Gasteiger charge is -2.35. The number of aryl methyl sites for hydroxylation is 1. The maximum Gasteiger partial charge on any atom is 0.217 e. The van der Waals surface area contributed by atoms with Crippen molar-refractivity contribution in [2.75, 3.05) is 18.9 Å². The molecule has 118 valence electrons. The monoisotopic (exact) mass is 312 g/mol. The Morgan fingerprint density at radius 2 is 2.00 bits per heavy atom. The molecule has 1 fully saturated rings. The highest BCUT2D eigenvalue weighted by Crippen LogP contribution is 2.20. The molecule has 1 aromatic rings. The van der Waals surface area contributed by atoms with E-state index < -0.39 is 10.0 Å². The minimum Gasteiger partial charge on any atom is -0.492 e. The zero-order chi connectivity index (χ0) is 15.5. The van der Waals surface area contributed by atoms with E-state index in [2.05, 4.69) is 0 Å². The van der Waals surface area contributed by atoms with E-state index in [0.29, 0.717) is 12.3 Å². The highest BCUT2D eigenvalue weighted by molar-refractivity contribution is 7.89. The summed E-state index contributed by atoms with van der Waals surface area (Å²) in [6.45, 7) is 4.59. The third-order valence-electron chi connectivity index (χ3n) is 3.84. The predicted octanol–water partition coefficient (Wildman–Crippen LogP) is 1.52. The number of ether oxygens (including phenoxy) is 1. The SMILES string of the molecule is Cc1ccc(OCCS(=O)(=O)N2CC[C@H](N)C[C@H]2C)cc1. The minimum absolute atomic E-state index is 0.000451. The molecule has 2 N–H and O–H groups in total. The summed E-state index contributed by atoms with van der Waals surface area (Å²) in [6.07, 6.45) is 1.44. The van der Waals surface area contributed by atoms with Crippen LogP contribution in [0.3, 0.4) is 0 Å². The number of sulfonamides is 1. The Morgan fingerprint density at radius 3 is 2.62 bits per heavy atom. The van der Waals surface area contributed by atoms with Gasteiger partial charge in [-0.15, -0.1) is 0 Å². The third-order valence-corrected chi connectivity index (χ3v) is 5.78. The van der Waals surface area contributed by atoms with E-state index in [0.717, 1.165) is 18.4 Å². The summed E-state index contributed by atoms with van der Waals surface area (Å²) in [6, 6.07) is 7.67. The van der Waals surface area contributed by atoms with Gasteiger partial charge in [-0.25, -0.2) is 8.42 Å². The first-order valence-corrected chi connectivity index (χ1v) is 8.94. The maximum absolute atomic E-state index is 12.4. The van der Waals surface area contributed by atoms with Crippen LogP contribution < -0.4 is 10.5 Å². The van der Waals surface area contributed by atoms with Crippen LogP contribution in [0.1, 0.15) is 25.3 Å². The molecule has 2 rings (SSSR count). The van der Waals surface area contributed by atoms with E-state index in [1.54, 1.807) is 4.31 Å². The second-order valence-corrected chi connectivity index (χ2v) is 7.76. The zero-order valence-electron chi connectivity index (χ0n) is 12.7. The molecular formula is C15H24N2O3S.